The molecule has 0 aromatic carbocycles. The van der Waals surface area contributed by atoms with Crippen LogP contribution >= 0.6 is 0 Å². The predicted molar refractivity (Wildman–Crippen MR) is 46.3 cm³/mol. The van der Waals surface area contributed by atoms with Crippen molar-refractivity contribution in [1.82, 2.24) is 0 Å². The maximum absolute atomic E-state index is 8.47. The van der Waals surface area contributed by atoms with Gasteiger partial charge in [0.1, 0.15) is 0 Å². The third-order valence-corrected chi connectivity index (χ3v) is 1.54. The first kappa shape index (κ1) is 10.5. The van der Waals surface area contributed by atoms with Gasteiger partial charge in [-0.3, -0.25) is 0 Å². The Bertz CT molecular complexity index is 81.6. The molecule has 0 saturated carbocycles. The number of ether oxygens (including phenoxy) is 1. The molecule has 2 nitrogen and oxygen atoms in total. The lowest BCUT2D eigenvalue weighted by atomic mass is 10.1. The molecule has 0 bridgehead atoms. The third-order valence-electron chi connectivity index (χ3n) is 1.54. The highest BCUT2D eigenvalue weighted by molar-refractivity contribution is 4.49. The van der Waals surface area contributed by atoms with Crippen molar-refractivity contribution < 1.29 is 9.84 Å². The van der Waals surface area contributed by atoms with Gasteiger partial charge in [-0.2, -0.15) is 0 Å². The first-order valence-corrected chi connectivity index (χ1v) is 4.25. The fourth-order valence-corrected chi connectivity index (χ4v) is 0.911. The van der Waals surface area contributed by atoms with Crippen LogP contribution in [0, 0.1) is 0 Å². The second-order valence-corrected chi connectivity index (χ2v) is 2.53. The van der Waals surface area contributed by atoms with Crippen LogP contribution in [-0.4, -0.2) is 18.3 Å². The van der Waals surface area contributed by atoms with Gasteiger partial charge in [0.25, 0.3) is 0 Å². The molecular formula is C9H18O2. The highest BCUT2D eigenvalue weighted by Gasteiger charge is 1.88. The van der Waals surface area contributed by atoms with Crippen molar-refractivity contribution in [3.63, 3.8) is 0 Å². The Labute approximate surface area is 68.9 Å². The summed E-state index contributed by atoms with van der Waals surface area (Å²) in [7, 11) is 0. The van der Waals surface area contributed by atoms with E-state index in [4.69, 9.17) is 9.84 Å². The molecule has 0 aromatic heterocycles. The van der Waals surface area contributed by atoms with Crippen LogP contribution < -0.4 is 0 Å². The number of unbranched alkanes of at least 4 members (excludes halogenated alkanes) is 4. The number of hydrogen-bond donors (Lipinski definition) is 1. The zero-order chi connectivity index (χ0) is 8.36. The van der Waals surface area contributed by atoms with Crippen LogP contribution in [0.25, 0.3) is 0 Å². The van der Waals surface area contributed by atoms with Gasteiger partial charge in [-0.05, 0) is 12.8 Å². The highest BCUT2D eigenvalue weighted by atomic mass is 16.5. The van der Waals surface area contributed by atoms with Crippen LogP contribution in [-0.2, 0) is 4.74 Å². The lowest BCUT2D eigenvalue weighted by Crippen LogP contribution is -1.88. The van der Waals surface area contributed by atoms with Crippen molar-refractivity contribution in [3.8, 4) is 0 Å². The van der Waals surface area contributed by atoms with E-state index in [2.05, 4.69) is 6.58 Å². The third kappa shape index (κ3) is 9.50. The van der Waals surface area contributed by atoms with E-state index in [0.717, 1.165) is 25.9 Å². The molecule has 0 aliphatic carbocycles. The SMILES string of the molecule is C=COCCCCCCCO. The summed E-state index contributed by atoms with van der Waals surface area (Å²) in [5.41, 5.74) is 0. The van der Waals surface area contributed by atoms with Crippen LogP contribution in [0.1, 0.15) is 32.1 Å². The van der Waals surface area contributed by atoms with Gasteiger partial charge in [0.05, 0.1) is 12.9 Å². The van der Waals surface area contributed by atoms with Gasteiger partial charge in [-0.15, -0.1) is 0 Å². The van der Waals surface area contributed by atoms with E-state index < -0.39 is 0 Å². The van der Waals surface area contributed by atoms with Crippen LogP contribution in [0.3, 0.4) is 0 Å². The normalized spacial score (nSPS) is 9.55. The van der Waals surface area contributed by atoms with E-state index in [1.165, 1.54) is 19.1 Å². The summed E-state index contributed by atoms with van der Waals surface area (Å²) in [6.45, 7) is 4.56. The maximum Gasteiger partial charge on any atom is 0.0873 e. The molecular weight excluding hydrogens is 140 g/mol. The van der Waals surface area contributed by atoms with E-state index in [1.54, 1.807) is 0 Å². The Morgan fingerprint density at radius 1 is 1.09 bits per heavy atom. The van der Waals surface area contributed by atoms with Gasteiger partial charge < -0.3 is 9.84 Å². The first-order chi connectivity index (χ1) is 5.41. The Balaban J connectivity index is 2.74. The molecule has 0 rings (SSSR count). The monoisotopic (exact) mass is 158 g/mol. The van der Waals surface area contributed by atoms with Crippen LogP contribution in [0.4, 0.5) is 0 Å². The number of aliphatic hydroxyl groups is 1. The van der Waals surface area contributed by atoms with Gasteiger partial charge in [-0.25, -0.2) is 0 Å². The minimum atomic E-state index is 0.323. The molecule has 0 aliphatic rings. The zero-order valence-electron chi connectivity index (χ0n) is 7.09. The van der Waals surface area contributed by atoms with Crippen molar-refractivity contribution >= 4 is 0 Å². The Morgan fingerprint density at radius 3 is 2.36 bits per heavy atom. The van der Waals surface area contributed by atoms with Gasteiger partial charge in [-0.1, -0.05) is 25.8 Å². The van der Waals surface area contributed by atoms with Gasteiger partial charge >= 0.3 is 0 Å². The molecule has 0 spiro atoms. The van der Waals surface area contributed by atoms with E-state index in [0.29, 0.717) is 6.61 Å². The first-order valence-electron chi connectivity index (χ1n) is 4.25. The molecule has 0 saturated heterocycles. The summed E-state index contributed by atoms with van der Waals surface area (Å²) < 4.78 is 4.95. The minimum absolute atomic E-state index is 0.323. The van der Waals surface area contributed by atoms with Crippen LogP contribution in [0.2, 0.25) is 0 Å². The minimum Gasteiger partial charge on any atom is -0.502 e. The van der Waals surface area contributed by atoms with Crippen molar-refractivity contribution in [2.45, 2.75) is 32.1 Å². The number of aliphatic hydroxyl groups excluding tert-OH is 1. The average Bonchev–Trinajstić information content (AvgIpc) is 2.03. The van der Waals surface area contributed by atoms with Gasteiger partial charge in [0.15, 0.2) is 0 Å². The summed E-state index contributed by atoms with van der Waals surface area (Å²) in [5.74, 6) is 0. The molecule has 0 unspecified atom stereocenters. The molecule has 0 aromatic rings. The quantitative estimate of drug-likeness (QED) is 0.433. The molecule has 0 fully saturated rings. The lowest BCUT2D eigenvalue weighted by molar-refractivity contribution is 0.240. The van der Waals surface area contributed by atoms with Crippen LogP contribution in [0.15, 0.2) is 12.8 Å². The summed E-state index contributed by atoms with van der Waals surface area (Å²) in [4.78, 5) is 0. The lowest BCUT2D eigenvalue weighted by Gasteiger charge is -1.99. The second-order valence-electron chi connectivity index (χ2n) is 2.53. The standard InChI is InChI=1S/C9H18O2/c1-2-11-9-7-5-3-4-6-8-10/h2,10H,1,3-9H2. The van der Waals surface area contributed by atoms with Gasteiger partial charge in [0, 0.05) is 6.61 Å². The average molecular weight is 158 g/mol. The van der Waals surface area contributed by atoms with E-state index in [-0.39, 0.29) is 0 Å². The summed E-state index contributed by atoms with van der Waals surface area (Å²) in [6.07, 6.45) is 7.02. The highest BCUT2D eigenvalue weighted by Crippen LogP contribution is 2.02. The topological polar surface area (TPSA) is 29.5 Å². The zero-order valence-corrected chi connectivity index (χ0v) is 7.09. The molecule has 0 aliphatic heterocycles. The molecule has 66 valence electrons. The molecule has 0 radical (unpaired) electrons. The predicted octanol–water partition coefficient (Wildman–Crippen LogP) is 2.09. The fourth-order valence-electron chi connectivity index (χ4n) is 0.911. The van der Waals surface area contributed by atoms with E-state index >= 15 is 0 Å². The molecule has 11 heavy (non-hydrogen) atoms. The van der Waals surface area contributed by atoms with E-state index in [9.17, 15) is 0 Å². The second kappa shape index (κ2) is 9.50. The molecule has 1 N–H and O–H groups in total. The Kier molecular flexibility index (Phi) is 9.07. The van der Waals surface area contributed by atoms with Crippen LogP contribution in [0.5, 0.6) is 0 Å². The van der Waals surface area contributed by atoms with Crippen molar-refractivity contribution in [2.24, 2.45) is 0 Å². The Morgan fingerprint density at radius 2 is 1.73 bits per heavy atom. The van der Waals surface area contributed by atoms with Crippen molar-refractivity contribution in [1.29, 1.82) is 0 Å². The number of hydrogen-bond acceptors (Lipinski definition) is 2. The summed E-state index contributed by atoms with van der Waals surface area (Å²) >= 11 is 0. The summed E-state index contributed by atoms with van der Waals surface area (Å²) in [6, 6.07) is 0. The maximum atomic E-state index is 8.47. The molecule has 2 heteroatoms. The number of rotatable bonds is 8. The van der Waals surface area contributed by atoms with Crippen molar-refractivity contribution in [2.75, 3.05) is 13.2 Å². The molecule has 0 heterocycles. The van der Waals surface area contributed by atoms with Crippen molar-refractivity contribution in [3.05, 3.63) is 12.8 Å². The molecule has 0 amide bonds. The fraction of sp³-hybridized carbons (Fsp3) is 0.778. The Hall–Kier alpha value is -0.500. The van der Waals surface area contributed by atoms with Gasteiger partial charge in [0.2, 0.25) is 0 Å². The largest absolute Gasteiger partial charge is 0.502 e. The smallest absolute Gasteiger partial charge is 0.0873 e. The summed E-state index contributed by atoms with van der Waals surface area (Å²) in [5, 5.41) is 8.47. The van der Waals surface area contributed by atoms with E-state index in [1.807, 2.05) is 0 Å². The molecule has 0 atom stereocenters.